The van der Waals surface area contributed by atoms with Crippen molar-refractivity contribution in [2.24, 2.45) is 0 Å². The van der Waals surface area contributed by atoms with E-state index in [4.69, 9.17) is 4.74 Å². The highest BCUT2D eigenvalue weighted by molar-refractivity contribution is 5.57. The Bertz CT molecular complexity index is 479. The number of nitrogens with one attached hydrogen (secondary N) is 1. The molecular weight excluding hydrogens is 226 g/mol. The molecule has 1 N–H and O–H groups in total. The molecule has 4 heteroatoms. The second-order valence-electron chi connectivity index (χ2n) is 4.87. The maximum absolute atomic E-state index is 9.23. The van der Waals surface area contributed by atoms with E-state index in [9.17, 15) is 5.26 Å². The largest absolute Gasteiger partial charge is 0.379 e. The monoisotopic (exact) mass is 245 g/mol. The summed E-state index contributed by atoms with van der Waals surface area (Å²) in [6.07, 6.45) is 3.51. The molecular formula is C14H19N3O. The molecule has 2 atom stereocenters. The molecule has 4 nitrogen and oxygen atoms in total. The first-order valence-corrected chi connectivity index (χ1v) is 6.33. The van der Waals surface area contributed by atoms with E-state index in [0.717, 1.165) is 30.5 Å². The molecule has 0 aromatic carbocycles. The van der Waals surface area contributed by atoms with Crippen molar-refractivity contribution >= 4 is 5.82 Å². The minimum absolute atomic E-state index is 0.221. The van der Waals surface area contributed by atoms with Gasteiger partial charge in [-0.1, -0.05) is 0 Å². The quantitative estimate of drug-likeness (QED) is 0.889. The summed E-state index contributed by atoms with van der Waals surface area (Å²) in [5, 5.41) is 12.6. The van der Waals surface area contributed by atoms with E-state index in [1.165, 1.54) is 0 Å². The molecule has 0 radical (unpaired) electrons. The third-order valence-corrected chi connectivity index (χ3v) is 3.53. The van der Waals surface area contributed by atoms with Crippen LogP contribution in [0.2, 0.25) is 0 Å². The Hall–Kier alpha value is -1.60. The zero-order valence-electron chi connectivity index (χ0n) is 11.2. The predicted molar refractivity (Wildman–Crippen MR) is 70.5 cm³/mol. The lowest BCUT2D eigenvalue weighted by Crippen LogP contribution is -2.30. The summed E-state index contributed by atoms with van der Waals surface area (Å²) in [5.41, 5.74) is 2.54. The van der Waals surface area contributed by atoms with Gasteiger partial charge >= 0.3 is 0 Å². The lowest BCUT2D eigenvalue weighted by atomic mass is 10.1. The van der Waals surface area contributed by atoms with E-state index in [-0.39, 0.29) is 12.1 Å². The average molecular weight is 245 g/mol. The lowest BCUT2D eigenvalue weighted by molar-refractivity contribution is 0.101. The number of aromatic nitrogens is 1. The molecule has 96 valence electrons. The molecule has 1 aliphatic rings. The van der Waals surface area contributed by atoms with Crippen LogP contribution in [0.25, 0.3) is 0 Å². The number of methoxy groups -OCH3 is 1. The van der Waals surface area contributed by atoms with Crippen molar-refractivity contribution in [3.05, 3.63) is 22.9 Å². The van der Waals surface area contributed by atoms with Gasteiger partial charge in [-0.15, -0.1) is 0 Å². The maximum atomic E-state index is 9.23. The fourth-order valence-corrected chi connectivity index (χ4v) is 2.63. The summed E-state index contributed by atoms with van der Waals surface area (Å²) in [5.74, 6) is 0.698. The zero-order valence-corrected chi connectivity index (χ0v) is 11.2. The molecule has 1 aromatic rings. The molecule has 18 heavy (non-hydrogen) atoms. The number of hydrogen-bond donors (Lipinski definition) is 1. The van der Waals surface area contributed by atoms with Crippen molar-refractivity contribution in [3.63, 3.8) is 0 Å². The fraction of sp³-hybridized carbons (Fsp3) is 0.571. The van der Waals surface area contributed by atoms with Crippen LogP contribution in [0.4, 0.5) is 5.82 Å². The summed E-state index contributed by atoms with van der Waals surface area (Å²) in [6, 6.07) is 4.43. The van der Waals surface area contributed by atoms with Gasteiger partial charge < -0.3 is 10.1 Å². The average Bonchev–Trinajstić information content (AvgIpc) is 2.76. The molecule has 2 unspecified atom stereocenters. The predicted octanol–water partition coefficient (Wildman–Crippen LogP) is 2.55. The Morgan fingerprint density at radius 2 is 2.22 bits per heavy atom. The van der Waals surface area contributed by atoms with Gasteiger partial charge in [0.05, 0.1) is 17.7 Å². The van der Waals surface area contributed by atoms with Crippen LogP contribution in [0.5, 0.6) is 0 Å². The standard InChI is InChI=1S/C14H19N3O/c1-9-7-10(2)16-14(11(9)8-15)17-12-5-4-6-13(12)18-3/h7,12-13H,4-6H2,1-3H3,(H,16,17). The van der Waals surface area contributed by atoms with E-state index in [0.29, 0.717) is 11.4 Å². The summed E-state index contributed by atoms with van der Waals surface area (Å²) in [6.45, 7) is 3.89. The van der Waals surface area contributed by atoms with Crippen LogP contribution in [-0.4, -0.2) is 24.2 Å². The van der Waals surface area contributed by atoms with Crippen LogP contribution in [0.3, 0.4) is 0 Å². The Balaban J connectivity index is 2.26. The van der Waals surface area contributed by atoms with Crippen LogP contribution in [-0.2, 0) is 4.74 Å². The summed E-state index contributed by atoms with van der Waals surface area (Å²) in [7, 11) is 1.74. The Morgan fingerprint density at radius 3 is 2.89 bits per heavy atom. The van der Waals surface area contributed by atoms with Crippen molar-refractivity contribution < 1.29 is 4.74 Å². The molecule has 0 bridgehead atoms. The van der Waals surface area contributed by atoms with Gasteiger partial charge in [0.15, 0.2) is 0 Å². The molecule has 1 fully saturated rings. The zero-order chi connectivity index (χ0) is 13.1. The number of pyridine rings is 1. The fourth-order valence-electron chi connectivity index (χ4n) is 2.63. The summed E-state index contributed by atoms with van der Waals surface area (Å²) >= 11 is 0. The molecule has 1 heterocycles. The number of nitrogens with zero attached hydrogens (tertiary/aromatic N) is 2. The number of aryl methyl sites for hydroxylation is 2. The highest BCUT2D eigenvalue weighted by Gasteiger charge is 2.28. The van der Waals surface area contributed by atoms with Crippen molar-refractivity contribution in [1.29, 1.82) is 5.26 Å². The van der Waals surface area contributed by atoms with Gasteiger partial charge in [-0.25, -0.2) is 4.98 Å². The summed E-state index contributed by atoms with van der Waals surface area (Å²) < 4.78 is 5.46. The number of nitriles is 1. The molecule has 0 aliphatic heterocycles. The van der Waals surface area contributed by atoms with Gasteiger partial charge in [0.25, 0.3) is 0 Å². The second-order valence-corrected chi connectivity index (χ2v) is 4.87. The van der Waals surface area contributed by atoms with Gasteiger partial charge in [0.1, 0.15) is 11.9 Å². The van der Waals surface area contributed by atoms with Crippen molar-refractivity contribution in [3.8, 4) is 6.07 Å². The highest BCUT2D eigenvalue weighted by atomic mass is 16.5. The number of hydrogen-bond acceptors (Lipinski definition) is 4. The third-order valence-electron chi connectivity index (χ3n) is 3.53. The van der Waals surface area contributed by atoms with Crippen LogP contribution >= 0.6 is 0 Å². The van der Waals surface area contributed by atoms with Crippen LogP contribution < -0.4 is 5.32 Å². The van der Waals surface area contributed by atoms with Crippen LogP contribution in [0.1, 0.15) is 36.1 Å². The number of rotatable bonds is 3. The normalized spacial score (nSPS) is 22.8. The topological polar surface area (TPSA) is 57.9 Å². The lowest BCUT2D eigenvalue weighted by Gasteiger charge is -2.21. The molecule has 1 aliphatic carbocycles. The maximum Gasteiger partial charge on any atom is 0.144 e. The van der Waals surface area contributed by atoms with Gasteiger partial charge in [0, 0.05) is 12.8 Å². The van der Waals surface area contributed by atoms with Gasteiger partial charge in [-0.3, -0.25) is 0 Å². The van der Waals surface area contributed by atoms with E-state index >= 15 is 0 Å². The van der Waals surface area contributed by atoms with E-state index in [2.05, 4.69) is 16.4 Å². The first-order chi connectivity index (χ1) is 8.65. The first-order valence-electron chi connectivity index (χ1n) is 6.33. The van der Waals surface area contributed by atoms with Crippen LogP contribution in [0.15, 0.2) is 6.07 Å². The SMILES string of the molecule is COC1CCCC1Nc1nc(C)cc(C)c1C#N. The van der Waals surface area contributed by atoms with Crippen molar-refractivity contribution in [2.45, 2.75) is 45.3 Å². The van der Waals surface area contributed by atoms with E-state index in [1.807, 2.05) is 19.9 Å². The Morgan fingerprint density at radius 1 is 1.44 bits per heavy atom. The Kier molecular flexibility index (Phi) is 3.83. The number of anilines is 1. The summed E-state index contributed by atoms with van der Waals surface area (Å²) in [4.78, 5) is 4.45. The molecule has 2 rings (SSSR count). The molecule has 0 amide bonds. The van der Waals surface area contributed by atoms with Crippen LogP contribution in [0, 0.1) is 25.2 Å². The van der Waals surface area contributed by atoms with E-state index in [1.54, 1.807) is 7.11 Å². The van der Waals surface area contributed by atoms with Gasteiger partial charge in [-0.05, 0) is 44.7 Å². The second kappa shape index (κ2) is 5.36. The van der Waals surface area contributed by atoms with Crippen molar-refractivity contribution in [1.82, 2.24) is 4.98 Å². The smallest absolute Gasteiger partial charge is 0.144 e. The molecule has 0 saturated heterocycles. The first kappa shape index (κ1) is 12.8. The van der Waals surface area contributed by atoms with Crippen molar-refractivity contribution in [2.75, 3.05) is 12.4 Å². The minimum Gasteiger partial charge on any atom is -0.379 e. The van der Waals surface area contributed by atoms with E-state index < -0.39 is 0 Å². The minimum atomic E-state index is 0.221. The van der Waals surface area contributed by atoms with Gasteiger partial charge in [0.2, 0.25) is 0 Å². The highest BCUT2D eigenvalue weighted by Crippen LogP contribution is 2.26. The third kappa shape index (κ3) is 2.46. The molecule has 1 saturated carbocycles. The molecule has 0 spiro atoms. The van der Waals surface area contributed by atoms with Gasteiger partial charge in [-0.2, -0.15) is 5.26 Å². The number of ether oxygens (including phenoxy) is 1. The molecule has 1 aromatic heterocycles. The Labute approximate surface area is 108 Å².